The van der Waals surface area contributed by atoms with E-state index in [-0.39, 0.29) is 5.75 Å². The van der Waals surface area contributed by atoms with Crippen LogP contribution < -0.4 is 15.5 Å². The number of nitrogens with one attached hydrogen (secondary N) is 2. The molecule has 2 heterocycles. The van der Waals surface area contributed by atoms with Crippen LogP contribution in [0.15, 0.2) is 76.2 Å². The fourth-order valence-electron chi connectivity index (χ4n) is 3.47. The van der Waals surface area contributed by atoms with E-state index in [4.69, 9.17) is 9.15 Å². The number of aromatic amines is 1. The van der Waals surface area contributed by atoms with Crippen LogP contribution in [0, 0.1) is 6.92 Å². The van der Waals surface area contributed by atoms with Gasteiger partial charge in [-0.3, -0.25) is 0 Å². The molecule has 0 aliphatic carbocycles. The molecule has 5 aromatic rings. The number of aromatic nitrogens is 2. The average molecular weight is 412 g/mol. The zero-order valence-electron chi connectivity index (χ0n) is 17.0. The molecule has 0 aliphatic rings. The topological polar surface area (TPSA) is 95.7 Å². The number of fused-ring (bicyclic) bond motifs is 2. The third kappa shape index (κ3) is 3.57. The van der Waals surface area contributed by atoms with E-state index >= 15 is 0 Å². The van der Waals surface area contributed by atoms with Crippen molar-refractivity contribution < 1.29 is 14.3 Å². The summed E-state index contributed by atoms with van der Waals surface area (Å²) in [6.45, 7) is 2.02. The Morgan fingerprint density at radius 1 is 1.06 bits per heavy atom. The molecule has 0 bridgehead atoms. The Balaban J connectivity index is 1.64. The molecule has 7 nitrogen and oxygen atoms in total. The van der Waals surface area contributed by atoms with Gasteiger partial charge in [-0.1, -0.05) is 23.8 Å². The van der Waals surface area contributed by atoms with Crippen LogP contribution in [-0.4, -0.2) is 22.2 Å². The van der Waals surface area contributed by atoms with E-state index in [1.54, 1.807) is 18.2 Å². The third-order valence-corrected chi connectivity index (χ3v) is 5.03. The van der Waals surface area contributed by atoms with Crippen molar-refractivity contribution in [2.45, 2.75) is 6.92 Å². The Morgan fingerprint density at radius 2 is 1.94 bits per heavy atom. The summed E-state index contributed by atoms with van der Waals surface area (Å²) >= 11 is 0. The summed E-state index contributed by atoms with van der Waals surface area (Å²) in [6, 6.07) is 20.7. The molecular formula is C24H20N4O3. The van der Waals surface area contributed by atoms with E-state index < -0.39 is 0 Å². The predicted octanol–water partition coefficient (Wildman–Crippen LogP) is 4.93. The van der Waals surface area contributed by atoms with E-state index in [0.717, 1.165) is 27.5 Å². The van der Waals surface area contributed by atoms with Crippen molar-refractivity contribution in [2.75, 3.05) is 12.5 Å². The molecule has 0 unspecified atom stereocenters. The van der Waals surface area contributed by atoms with Gasteiger partial charge in [-0.2, -0.15) is 5.10 Å². The molecule has 3 aromatic carbocycles. The Hall–Kier alpha value is -4.26. The van der Waals surface area contributed by atoms with Crippen LogP contribution in [0.1, 0.15) is 5.56 Å². The van der Waals surface area contributed by atoms with Gasteiger partial charge in [0.05, 0.1) is 23.5 Å². The highest BCUT2D eigenvalue weighted by molar-refractivity contribution is 5.80. The molecule has 2 aromatic heterocycles. The average Bonchev–Trinajstić information content (AvgIpc) is 3.21. The Labute approximate surface area is 177 Å². The molecule has 0 amide bonds. The number of aryl methyl sites for hydroxylation is 1. The smallest absolute Gasteiger partial charge is 0.222 e. The zero-order chi connectivity index (χ0) is 21.4. The minimum Gasteiger partial charge on any atom is -0.504 e. The first-order valence-electron chi connectivity index (χ1n) is 9.77. The molecule has 0 radical (unpaired) electrons. The number of H-pyrrole nitrogens is 1. The number of imidazole rings is 1. The second kappa shape index (κ2) is 7.53. The standard InChI is InChI=1S/C24H20N4O3/c1-14-7-10-21-16(11-14)19(27-28-24-25-17-5-3-4-6-18(17)26-24)13-22(31-21)15-8-9-20(29)23(12-15)30-2/h3-13,29H,1-2H3,(H2,25,26,28)/b27-19+. The lowest BCUT2D eigenvalue weighted by molar-refractivity contribution is 0.373. The summed E-state index contributed by atoms with van der Waals surface area (Å²) < 4.78 is 11.4. The van der Waals surface area contributed by atoms with Gasteiger partial charge in [-0.15, -0.1) is 0 Å². The van der Waals surface area contributed by atoms with Gasteiger partial charge in [-0.05, 0) is 49.4 Å². The van der Waals surface area contributed by atoms with Crippen molar-refractivity contribution in [3.8, 4) is 22.8 Å². The van der Waals surface area contributed by atoms with Crippen molar-refractivity contribution in [3.05, 3.63) is 77.7 Å². The lowest BCUT2D eigenvalue weighted by Crippen LogP contribution is -2.08. The zero-order valence-corrected chi connectivity index (χ0v) is 17.0. The SMILES string of the molecule is COc1cc(-c2c/c(=N\Nc3nc4ccccc4[nH]3)c3cc(C)ccc3o2)ccc1O. The minimum absolute atomic E-state index is 0.0686. The number of para-hydroxylation sites is 2. The van der Waals surface area contributed by atoms with Crippen molar-refractivity contribution in [1.82, 2.24) is 9.97 Å². The van der Waals surface area contributed by atoms with Crippen LogP contribution >= 0.6 is 0 Å². The number of ether oxygens (including phenoxy) is 1. The molecule has 154 valence electrons. The van der Waals surface area contributed by atoms with E-state index in [0.29, 0.717) is 28.4 Å². The van der Waals surface area contributed by atoms with Gasteiger partial charge < -0.3 is 19.2 Å². The molecule has 0 spiro atoms. The number of anilines is 1. The number of methoxy groups -OCH3 is 1. The number of hydrogen-bond donors (Lipinski definition) is 3. The molecule has 7 heteroatoms. The van der Waals surface area contributed by atoms with Gasteiger partial charge in [0.25, 0.3) is 0 Å². The largest absolute Gasteiger partial charge is 0.504 e. The molecule has 3 N–H and O–H groups in total. The lowest BCUT2D eigenvalue weighted by atomic mass is 10.1. The number of hydrogen-bond acceptors (Lipinski definition) is 6. The summed E-state index contributed by atoms with van der Waals surface area (Å²) in [7, 11) is 1.51. The van der Waals surface area contributed by atoms with E-state index in [1.165, 1.54) is 7.11 Å². The minimum atomic E-state index is 0.0686. The Kier molecular flexibility index (Phi) is 4.55. The van der Waals surface area contributed by atoms with Crippen LogP contribution in [0.3, 0.4) is 0 Å². The molecule has 0 saturated heterocycles. The maximum atomic E-state index is 9.91. The number of benzene rings is 3. The first-order valence-corrected chi connectivity index (χ1v) is 9.77. The van der Waals surface area contributed by atoms with Gasteiger partial charge >= 0.3 is 0 Å². The van der Waals surface area contributed by atoms with Crippen LogP contribution in [0.25, 0.3) is 33.3 Å². The molecular weight excluding hydrogens is 392 g/mol. The van der Waals surface area contributed by atoms with Crippen molar-refractivity contribution in [2.24, 2.45) is 5.10 Å². The predicted molar refractivity (Wildman–Crippen MR) is 120 cm³/mol. The molecule has 5 rings (SSSR count). The van der Waals surface area contributed by atoms with Gasteiger partial charge in [0.1, 0.15) is 11.3 Å². The Morgan fingerprint density at radius 3 is 2.77 bits per heavy atom. The summed E-state index contributed by atoms with van der Waals surface area (Å²) in [5.41, 5.74) is 7.37. The number of phenols is 1. The second-order valence-electron chi connectivity index (χ2n) is 7.21. The highest BCUT2D eigenvalue weighted by Gasteiger charge is 2.10. The molecule has 0 saturated carbocycles. The fraction of sp³-hybridized carbons (Fsp3) is 0.0833. The number of nitrogens with zero attached hydrogens (tertiary/aromatic N) is 2. The normalized spacial score (nSPS) is 11.9. The van der Waals surface area contributed by atoms with E-state index in [1.807, 2.05) is 55.5 Å². The van der Waals surface area contributed by atoms with E-state index in [2.05, 4.69) is 20.5 Å². The van der Waals surface area contributed by atoms with Crippen molar-refractivity contribution >= 4 is 28.0 Å². The highest BCUT2D eigenvalue weighted by Crippen LogP contribution is 2.32. The number of phenolic OH excluding ortho intramolecular Hbond substituents is 1. The molecule has 31 heavy (non-hydrogen) atoms. The van der Waals surface area contributed by atoms with Crippen LogP contribution in [0.4, 0.5) is 5.95 Å². The number of aromatic hydroxyl groups is 1. The lowest BCUT2D eigenvalue weighted by Gasteiger charge is -2.08. The summed E-state index contributed by atoms with van der Waals surface area (Å²) in [4.78, 5) is 7.72. The van der Waals surface area contributed by atoms with E-state index in [9.17, 15) is 5.11 Å². The highest BCUT2D eigenvalue weighted by atomic mass is 16.5. The maximum Gasteiger partial charge on any atom is 0.222 e. The summed E-state index contributed by atoms with van der Waals surface area (Å²) in [5.74, 6) is 1.59. The first kappa shape index (κ1) is 18.7. The Bertz CT molecular complexity index is 1450. The monoisotopic (exact) mass is 412 g/mol. The van der Waals surface area contributed by atoms with Crippen LogP contribution in [0.2, 0.25) is 0 Å². The molecule has 0 aliphatic heterocycles. The maximum absolute atomic E-state index is 9.91. The van der Waals surface area contributed by atoms with Gasteiger partial charge in [0.2, 0.25) is 5.95 Å². The molecule has 0 atom stereocenters. The summed E-state index contributed by atoms with van der Waals surface area (Å²) in [6.07, 6.45) is 0. The number of rotatable bonds is 4. The fourth-order valence-corrected chi connectivity index (χ4v) is 3.47. The van der Waals surface area contributed by atoms with Crippen molar-refractivity contribution in [1.29, 1.82) is 0 Å². The second-order valence-corrected chi connectivity index (χ2v) is 7.21. The van der Waals surface area contributed by atoms with Crippen molar-refractivity contribution in [3.63, 3.8) is 0 Å². The van der Waals surface area contributed by atoms with Gasteiger partial charge in [-0.25, -0.2) is 10.4 Å². The van der Waals surface area contributed by atoms with Gasteiger partial charge in [0.15, 0.2) is 11.5 Å². The quantitative estimate of drug-likeness (QED) is 0.364. The molecule has 0 fully saturated rings. The van der Waals surface area contributed by atoms with Crippen LogP contribution in [0.5, 0.6) is 11.5 Å². The van der Waals surface area contributed by atoms with Crippen LogP contribution in [-0.2, 0) is 0 Å². The third-order valence-electron chi connectivity index (χ3n) is 5.03. The summed E-state index contributed by atoms with van der Waals surface area (Å²) in [5, 5.41) is 16.1. The first-order chi connectivity index (χ1) is 15.1. The van der Waals surface area contributed by atoms with Gasteiger partial charge in [0, 0.05) is 17.0 Å².